The fourth-order valence-corrected chi connectivity index (χ4v) is 1.79. The van der Waals surface area contributed by atoms with Crippen LogP contribution in [0.25, 0.3) is 0 Å². The summed E-state index contributed by atoms with van der Waals surface area (Å²) in [4.78, 5) is 8.45. The van der Waals surface area contributed by atoms with Crippen molar-refractivity contribution in [2.24, 2.45) is 0 Å². The molecule has 2 aromatic rings. The van der Waals surface area contributed by atoms with Crippen molar-refractivity contribution in [1.29, 1.82) is 0 Å². The van der Waals surface area contributed by atoms with Crippen LogP contribution >= 0.6 is 0 Å². The Labute approximate surface area is 99.7 Å². The van der Waals surface area contributed by atoms with Gasteiger partial charge in [-0.1, -0.05) is 6.92 Å². The standard InChI is InChI=1S/C10H17N7/c1-3-11-8(10-13-6-14-16-10)5-9-12-7-15-17(9)4-2/h6-8,11H,3-5H2,1-2H3,(H,13,14,16). The van der Waals surface area contributed by atoms with Crippen LogP contribution in [0.5, 0.6) is 0 Å². The molecule has 7 heteroatoms. The second-order valence-electron chi connectivity index (χ2n) is 3.68. The number of nitrogens with one attached hydrogen (secondary N) is 2. The number of hydrogen-bond donors (Lipinski definition) is 2. The van der Waals surface area contributed by atoms with E-state index < -0.39 is 0 Å². The first-order valence-electron chi connectivity index (χ1n) is 5.80. The Hall–Kier alpha value is -1.76. The maximum absolute atomic E-state index is 4.27. The van der Waals surface area contributed by atoms with E-state index in [1.54, 1.807) is 6.33 Å². The van der Waals surface area contributed by atoms with E-state index in [2.05, 4.69) is 44.4 Å². The Bertz CT molecular complexity index is 433. The van der Waals surface area contributed by atoms with Gasteiger partial charge < -0.3 is 5.32 Å². The average molecular weight is 235 g/mol. The van der Waals surface area contributed by atoms with Crippen LogP contribution in [-0.2, 0) is 13.0 Å². The van der Waals surface area contributed by atoms with Crippen LogP contribution < -0.4 is 5.32 Å². The van der Waals surface area contributed by atoms with Gasteiger partial charge in [-0.05, 0) is 13.5 Å². The lowest BCUT2D eigenvalue weighted by molar-refractivity contribution is 0.490. The van der Waals surface area contributed by atoms with E-state index in [9.17, 15) is 0 Å². The fourth-order valence-electron chi connectivity index (χ4n) is 1.79. The summed E-state index contributed by atoms with van der Waals surface area (Å²) < 4.78 is 1.89. The summed E-state index contributed by atoms with van der Waals surface area (Å²) in [6.45, 7) is 5.80. The van der Waals surface area contributed by atoms with Crippen molar-refractivity contribution in [3.63, 3.8) is 0 Å². The number of hydrogen-bond acceptors (Lipinski definition) is 5. The van der Waals surface area contributed by atoms with E-state index in [0.717, 1.165) is 31.2 Å². The van der Waals surface area contributed by atoms with E-state index in [1.807, 2.05) is 4.68 Å². The van der Waals surface area contributed by atoms with Crippen LogP contribution in [0, 0.1) is 0 Å². The van der Waals surface area contributed by atoms with E-state index in [0.29, 0.717) is 0 Å². The van der Waals surface area contributed by atoms with E-state index in [4.69, 9.17) is 0 Å². The van der Waals surface area contributed by atoms with E-state index in [-0.39, 0.29) is 6.04 Å². The summed E-state index contributed by atoms with van der Waals surface area (Å²) in [5.74, 6) is 1.78. The Balaban J connectivity index is 2.13. The highest BCUT2D eigenvalue weighted by Crippen LogP contribution is 2.12. The Morgan fingerprint density at radius 3 is 2.88 bits per heavy atom. The minimum absolute atomic E-state index is 0.0944. The highest BCUT2D eigenvalue weighted by molar-refractivity contribution is 4.98. The van der Waals surface area contributed by atoms with Crippen LogP contribution in [-0.4, -0.2) is 36.5 Å². The summed E-state index contributed by atoms with van der Waals surface area (Å²) in [7, 11) is 0. The predicted molar refractivity (Wildman–Crippen MR) is 62.2 cm³/mol. The van der Waals surface area contributed by atoms with Gasteiger partial charge in [0.05, 0.1) is 6.04 Å². The molecule has 0 radical (unpaired) electrons. The molecule has 7 nitrogen and oxygen atoms in total. The van der Waals surface area contributed by atoms with Crippen molar-refractivity contribution in [3.8, 4) is 0 Å². The number of aromatic nitrogens is 6. The third-order valence-electron chi connectivity index (χ3n) is 2.60. The quantitative estimate of drug-likeness (QED) is 0.752. The molecule has 0 aliphatic rings. The van der Waals surface area contributed by atoms with E-state index in [1.165, 1.54) is 6.33 Å². The van der Waals surface area contributed by atoms with Crippen molar-refractivity contribution < 1.29 is 0 Å². The number of nitrogens with zero attached hydrogens (tertiary/aromatic N) is 5. The average Bonchev–Trinajstić information content (AvgIpc) is 2.99. The third kappa shape index (κ3) is 2.68. The maximum atomic E-state index is 4.27. The van der Waals surface area contributed by atoms with Crippen LogP contribution in [0.15, 0.2) is 12.7 Å². The summed E-state index contributed by atoms with van der Waals surface area (Å²) >= 11 is 0. The van der Waals surface area contributed by atoms with Crippen molar-refractivity contribution >= 4 is 0 Å². The monoisotopic (exact) mass is 235 g/mol. The van der Waals surface area contributed by atoms with Crippen molar-refractivity contribution in [1.82, 2.24) is 35.3 Å². The molecule has 0 saturated carbocycles. The van der Waals surface area contributed by atoms with Gasteiger partial charge in [-0.25, -0.2) is 9.97 Å². The van der Waals surface area contributed by atoms with Crippen LogP contribution in [0.3, 0.4) is 0 Å². The Morgan fingerprint density at radius 2 is 2.24 bits per heavy atom. The fraction of sp³-hybridized carbons (Fsp3) is 0.600. The summed E-state index contributed by atoms with van der Waals surface area (Å²) in [5.41, 5.74) is 0. The minimum atomic E-state index is 0.0944. The molecule has 1 atom stereocenters. The molecular formula is C10H17N7. The number of aromatic amines is 1. The van der Waals surface area contributed by atoms with Gasteiger partial charge in [-0.2, -0.15) is 10.2 Å². The molecule has 1 unspecified atom stereocenters. The molecule has 2 rings (SSSR count). The van der Waals surface area contributed by atoms with Crippen molar-refractivity contribution in [2.75, 3.05) is 6.54 Å². The zero-order chi connectivity index (χ0) is 12.1. The highest BCUT2D eigenvalue weighted by Gasteiger charge is 2.16. The lowest BCUT2D eigenvalue weighted by Gasteiger charge is -2.14. The zero-order valence-electron chi connectivity index (χ0n) is 10.1. The SMILES string of the molecule is CCNC(Cc1ncnn1CC)c1ncn[nH]1. The topological polar surface area (TPSA) is 84.3 Å². The lowest BCUT2D eigenvalue weighted by Crippen LogP contribution is -2.25. The van der Waals surface area contributed by atoms with Gasteiger partial charge in [0.2, 0.25) is 0 Å². The van der Waals surface area contributed by atoms with Gasteiger partial charge in [-0.15, -0.1) is 0 Å². The summed E-state index contributed by atoms with van der Waals surface area (Å²) in [6.07, 6.45) is 3.85. The number of likely N-dealkylation sites (N-methyl/N-ethyl adjacent to an activating group) is 1. The molecule has 0 aliphatic heterocycles. The predicted octanol–water partition coefficient (Wildman–Crippen LogP) is 0.309. The molecule has 2 N–H and O–H groups in total. The van der Waals surface area contributed by atoms with Crippen molar-refractivity contribution in [2.45, 2.75) is 32.9 Å². The number of rotatable bonds is 6. The van der Waals surface area contributed by atoms with Gasteiger partial charge in [0.15, 0.2) is 0 Å². The Kier molecular flexibility index (Phi) is 3.81. The van der Waals surface area contributed by atoms with Crippen molar-refractivity contribution in [3.05, 3.63) is 24.3 Å². The molecule has 2 heterocycles. The lowest BCUT2D eigenvalue weighted by atomic mass is 10.2. The summed E-state index contributed by atoms with van der Waals surface area (Å²) in [6, 6.07) is 0.0944. The molecule has 0 aromatic carbocycles. The van der Waals surface area contributed by atoms with Gasteiger partial charge in [0.25, 0.3) is 0 Å². The molecule has 0 spiro atoms. The first kappa shape index (κ1) is 11.7. The van der Waals surface area contributed by atoms with E-state index >= 15 is 0 Å². The molecule has 0 fully saturated rings. The largest absolute Gasteiger partial charge is 0.307 e. The van der Waals surface area contributed by atoms with Gasteiger partial charge >= 0.3 is 0 Å². The number of aryl methyl sites for hydroxylation is 1. The Morgan fingerprint density at radius 1 is 1.35 bits per heavy atom. The molecule has 17 heavy (non-hydrogen) atoms. The van der Waals surface area contributed by atoms with Gasteiger partial charge in [0, 0.05) is 13.0 Å². The smallest absolute Gasteiger partial charge is 0.141 e. The first-order chi connectivity index (χ1) is 8.35. The second kappa shape index (κ2) is 5.53. The minimum Gasteiger partial charge on any atom is -0.307 e. The number of H-pyrrole nitrogens is 1. The molecule has 0 bridgehead atoms. The highest BCUT2D eigenvalue weighted by atomic mass is 15.3. The maximum Gasteiger partial charge on any atom is 0.141 e. The van der Waals surface area contributed by atoms with Gasteiger partial charge in [-0.3, -0.25) is 9.78 Å². The molecule has 92 valence electrons. The molecule has 0 aliphatic carbocycles. The normalized spacial score (nSPS) is 12.8. The zero-order valence-corrected chi connectivity index (χ0v) is 10.1. The first-order valence-corrected chi connectivity index (χ1v) is 5.80. The van der Waals surface area contributed by atoms with Crippen LogP contribution in [0.4, 0.5) is 0 Å². The second-order valence-corrected chi connectivity index (χ2v) is 3.68. The van der Waals surface area contributed by atoms with Gasteiger partial charge in [0.1, 0.15) is 24.3 Å². The molecule has 0 amide bonds. The molecule has 0 saturated heterocycles. The van der Waals surface area contributed by atoms with Crippen LogP contribution in [0.2, 0.25) is 0 Å². The molecular weight excluding hydrogens is 218 g/mol. The summed E-state index contributed by atoms with van der Waals surface area (Å²) in [5, 5.41) is 14.3. The molecule has 2 aromatic heterocycles. The third-order valence-corrected chi connectivity index (χ3v) is 2.60. The van der Waals surface area contributed by atoms with Crippen LogP contribution in [0.1, 0.15) is 31.5 Å².